The summed E-state index contributed by atoms with van der Waals surface area (Å²) in [6.45, 7) is 6.43. The van der Waals surface area contributed by atoms with E-state index in [-0.39, 0.29) is 11.2 Å². The highest BCUT2D eigenvalue weighted by Gasteiger charge is 2.42. The van der Waals surface area contributed by atoms with Crippen LogP contribution in [-0.2, 0) is 6.42 Å². The van der Waals surface area contributed by atoms with Gasteiger partial charge in [-0.2, -0.15) is 0 Å². The van der Waals surface area contributed by atoms with Crippen LogP contribution in [0, 0.1) is 17.2 Å². The Hall–Kier alpha value is -0.600. The van der Waals surface area contributed by atoms with E-state index in [2.05, 4.69) is 19.2 Å². The minimum atomic E-state index is -0.169. The second-order valence-electron chi connectivity index (χ2n) is 5.94. The molecular formula is C15H21ClFN. The normalized spacial score (nSPS) is 17.2. The van der Waals surface area contributed by atoms with Crippen LogP contribution in [0.2, 0.25) is 5.02 Å². The number of rotatable bonds is 6. The van der Waals surface area contributed by atoms with Gasteiger partial charge >= 0.3 is 0 Å². The SMILES string of the molecule is CC(C)CNCC1(Cc2ccc(Cl)cc2F)CC1. The molecule has 1 fully saturated rings. The largest absolute Gasteiger partial charge is 0.316 e. The summed E-state index contributed by atoms with van der Waals surface area (Å²) in [5.74, 6) is 0.491. The van der Waals surface area contributed by atoms with Gasteiger partial charge in [0.1, 0.15) is 5.82 Å². The monoisotopic (exact) mass is 269 g/mol. The molecule has 2 rings (SSSR count). The maximum atomic E-state index is 13.8. The Morgan fingerprint density at radius 3 is 2.67 bits per heavy atom. The fourth-order valence-electron chi connectivity index (χ4n) is 2.29. The van der Waals surface area contributed by atoms with E-state index >= 15 is 0 Å². The van der Waals surface area contributed by atoms with Crippen molar-refractivity contribution in [1.82, 2.24) is 5.32 Å². The number of hydrogen-bond acceptors (Lipinski definition) is 1. The fraction of sp³-hybridized carbons (Fsp3) is 0.600. The molecule has 0 atom stereocenters. The Bertz CT molecular complexity index is 413. The van der Waals surface area contributed by atoms with Crippen molar-refractivity contribution in [1.29, 1.82) is 0 Å². The van der Waals surface area contributed by atoms with Gasteiger partial charge in [0, 0.05) is 11.6 Å². The number of halogens is 2. The van der Waals surface area contributed by atoms with E-state index in [1.807, 2.05) is 6.07 Å². The average molecular weight is 270 g/mol. The molecule has 0 saturated heterocycles. The predicted octanol–water partition coefficient (Wildman–Crippen LogP) is 4.05. The Balaban J connectivity index is 1.92. The summed E-state index contributed by atoms with van der Waals surface area (Å²) in [6.07, 6.45) is 3.21. The van der Waals surface area contributed by atoms with Gasteiger partial charge in [0.2, 0.25) is 0 Å². The molecule has 1 aliphatic rings. The van der Waals surface area contributed by atoms with Crippen molar-refractivity contribution >= 4 is 11.6 Å². The summed E-state index contributed by atoms with van der Waals surface area (Å²) >= 11 is 5.77. The van der Waals surface area contributed by atoms with Gasteiger partial charge in [-0.05, 0) is 54.8 Å². The smallest absolute Gasteiger partial charge is 0.127 e. The van der Waals surface area contributed by atoms with Gasteiger partial charge in [-0.15, -0.1) is 0 Å². The number of hydrogen-bond donors (Lipinski definition) is 1. The van der Waals surface area contributed by atoms with Crippen molar-refractivity contribution in [2.24, 2.45) is 11.3 Å². The highest BCUT2D eigenvalue weighted by atomic mass is 35.5. The molecule has 1 saturated carbocycles. The lowest BCUT2D eigenvalue weighted by molar-refractivity contribution is 0.425. The molecule has 0 unspecified atom stereocenters. The van der Waals surface area contributed by atoms with Gasteiger partial charge in [0.25, 0.3) is 0 Å². The quantitative estimate of drug-likeness (QED) is 0.822. The van der Waals surface area contributed by atoms with Crippen LogP contribution in [0.4, 0.5) is 4.39 Å². The molecule has 0 heterocycles. The van der Waals surface area contributed by atoms with Crippen LogP contribution in [0.15, 0.2) is 18.2 Å². The number of benzene rings is 1. The lowest BCUT2D eigenvalue weighted by Gasteiger charge is -2.17. The first kappa shape index (κ1) is 13.8. The van der Waals surface area contributed by atoms with Crippen LogP contribution in [0.25, 0.3) is 0 Å². The third kappa shape index (κ3) is 3.69. The summed E-state index contributed by atoms with van der Waals surface area (Å²) in [5, 5.41) is 3.96. The highest BCUT2D eigenvalue weighted by Crippen LogP contribution is 2.48. The molecule has 1 aromatic carbocycles. The van der Waals surface area contributed by atoms with Crippen molar-refractivity contribution in [2.75, 3.05) is 13.1 Å². The third-order valence-electron chi connectivity index (χ3n) is 3.59. The zero-order chi connectivity index (χ0) is 13.2. The summed E-state index contributed by atoms with van der Waals surface area (Å²) < 4.78 is 13.8. The molecule has 1 aliphatic carbocycles. The molecule has 1 N–H and O–H groups in total. The third-order valence-corrected chi connectivity index (χ3v) is 3.83. The molecule has 0 amide bonds. The van der Waals surface area contributed by atoms with E-state index in [0.717, 1.165) is 25.1 Å². The van der Waals surface area contributed by atoms with E-state index < -0.39 is 0 Å². The van der Waals surface area contributed by atoms with Gasteiger partial charge in [-0.25, -0.2) is 4.39 Å². The molecule has 18 heavy (non-hydrogen) atoms. The van der Waals surface area contributed by atoms with Gasteiger partial charge in [0.15, 0.2) is 0 Å². The van der Waals surface area contributed by atoms with Crippen LogP contribution in [0.3, 0.4) is 0 Å². The molecule has 3 heteroatoms. The number of nitrogens with one attached hydrogen (secondary N) is 1. The first-order valence-corrected chi connectivity index (χ1v) is 7.03. The lowest BCUT2D eigenvalue weighted by Crippen LogP contribution is -2.28. The second kappa shape index (κ2) is 5.58. The van der Waals surface area contributed by atoms with Crippen LogP contribution in [0.1, 0.15) is 32.3 Å². The van der Waals surface area contributed by atoms with Crippen molar-refractivity contribution in [3.8, 4) is 0 Å². The van der Waals surface area contributed by atoms with E-state index in [1.54, 1.807) is 6.07 Å². The average Bonchev–Trinajstić information content (AvgIpc) is 3.02. The van der Waals surface area contributed by atoms with Crippen LogP contribution in [0.5, 0.6) is 0 Å². The molecule has 0 spiro atoms. The zero-order valence-corrected chi connectivity index (χ0v) is 11.9. The Labute approximate surface area is 114 Å². The maximum Gasteiger partial charge on any atom is 0.127 e. The van der Waals surface area contributed by atoms with E-state index in [1.165, 1.54) is 18.9 Å². The van der Waals surface area contributed by atoms with Crippen molar-refractivity contribution in [3.63, 3.8) is 0 Å². The summed E-state index contributed by atoms with van der Waals surface area (Å²) in [6, 6.07) is 5.01. The molecule has 0 aromatic heterocycles. The van der Waals surface area contributed by atoms with Crippen molar-refractivity contribution in [3.05, 3.63) is 34.6 Å². The molecule has 100 valence electrons. The lowest BCUT2D eigenvalue weighted by atomic mass is 9.96. The molecule has 1 aromatic rings. The summed E-state index contributed by atoms with van der Waals surface area (Å²) in [5.41, 5.74) is 1.08. The second-order valence-corrected chi connectivity index (χ2v) is 6.37. The minimum Gasteiger partial charge on any atom is -0.316 e. The molecule has 0 bridgehead atoms. The Morgan fingerprint density at radius 1 is 1.39 bits per heavy atom. The van der Waals surface area contributed by atoms with E-state index in [4.69, 9.17) is 11.6 Å². The molecule has 0 aliphatic heterocycles. The van der Waals surface area contributed by atoms with Crippen molar-refractivity contribution < 1.29 is 4.39 Å². The van der Waals surface area contributed by atoms with E-state index in [9.17, 15) is 4.39 Å². The zero-order valence-electron chi connectivity index (χ0n) is 11.1. The van der Waals surface area contributed by atoms with Crippen LogP contribution in [-0.4, -0.2) is 13.1 Å². The first-order chi connectivity index (χ1) is 8.51. The van der Waals surface area contributed by atoms with Gasteiger partial charge < -0.3 is 5.32 Å². The summed E-state index contributed by atoms with van der Waals surface area (Å²) in [7, 11) is 0. The minimum absolute atomic E-state index is 0.169. The summed E-state index contributed by atoms with van der Waals surface area (Å²) in [4.78, 5) is 0. The molecule has 0 radical (unpaired) electrons. The fourth-order valence-corrected chi connectivity index (χ4v) is 2.45. The standard InChI is InChI=1S/C15H21ClFN/c1-11(2)9-18-10-15(5-6-15)8-12-3-4-13(16)7-14(12)17/h3-4,7,11,18H,5-6,8-10H2,1-2H3. The Kier molecular flexibility index (Phi) is 4.29. The Morgan fingerprint density at radius 2 is 2.11 bits per heavy atom. The highest BCUT2D eigenvalue weighted by molar-refractivity contribution is 6.30. The first-order valence-electron chi connectivity index (χ1n) is 6.65. The molecular weight excluding hydrogens is 249 g/mol. The van der Waals surface area contributed by atoms with Crippen LogP contribution >= 0.6 is 11.6 Å². The predicted molar refractivity (Wildman–Crippen MR) is 74.5 cm³/mol. The van der Waals surface area contributed by atoms with Gasteiger partial charge in [-0.1, -0.05) is 31.5 Å². The van der Waals surface area contributed by atoms with E-state index in [0.29, 0.717) is 10.9 Å². The van der Waals surface area contributed by atoms with Gasteiger partial charge in [0.05, 0.1) is 0 Å². The molecule has 1 nitrogen and oxygen atoms in total. The van der Waals surface area contributed by atoms with Crippen LogP contribution < -0.4 is 5.32 Å². The van der Waals surface area contributed by atoms with Crippen molar-refractivity contribution in [2.45, 2.75) is 33.1 Å². The topological polar surface area (TPSA) is 12.0 Å². The maximum absolute atomic E-state index is 13.8. The van der Waals surface area contributed by atoms with Gasteiger partial charge in [-0.3, -0.25) is 0 Å².